The molecule has 0 fully saturated rings. The van der Waals surface area contributed by atoms with Crippen LogP contribution in [0.2, 0.25) is 0 Å². The summed E-state index contributed by atoms with van der Waals surface area (Å²) >= 11 is 1.14. The number of carbonyl (C=O) groups is 2. The third kappa shape index (κ3) is 3.32. The van der Waals surface area contributed by atoms with E-state index in [0.717, 1.165) is 16.9 Å². The highest BCUT2D eigenvalue weighted by molar-refractivity contribution is 7.13. The molecule has 0 atom stereocenters. The van der Waals surface area contributed by atoms with Crippen LogP contribution in [0.3, 0.4) is 0 Å². The molecule has 0 aromatic carbocycles. The first kappa shape index (κ1) is 12.1. The van der Waals surface area contributed by atoms with Gasteiger partial charge in [0.2, 0.25) is 5.13 Å². The SMILES string of the molecule is O=C(NCc1ccncc1)C(=O)Nc1nncs1. The summed E-state index contributed by atoms with van der Waals surface area (Å²) in [6, 6.07) is 3.51. The maximum absolute atomic E-state index is 11.5. The predicted octanol–water partition coefficient (Wildman–Crippen LogP) is 0.188. The van der Waals surface area contributed by atoms with Crippen LogP contribution in [-0.2, 0) is 16.1 Å². The maximum atomic E-state index is 11.5. The van der Waals surface area contributed by atoms with Crippen LogP contribution in [0.15, 0.2) is 30.0 Å². The lowest BCUT2D eigenvalue weighted by Crippen LogP contribution is -2.34. The molecule has 0 aliphatic rings. The van der Waals surface area contributed by atoms with Crippen molar-refractivity contribution in [3.8, 4) is 0 Å². The molecular formula is C10H9N5O2S. The van der Waals surface area contributed by atoms with Crippen molar-refractivity contribution in [2.75, 3.05) is 5.32 Å². The van der Waals surface area contributed by atoms with Crippen LogP contribution in [0.4, 0.5) is 5.13 Å². The van der Waals surface area contributed by atoms with Gasteiger partial charge in [0.05, 0.1) is 0 Å². The van der Waals surface area contributed by atoms with Crippen molar-refractivity contribution in [1.29, 1.82) is 0 Å². The van der Waals surface area contributed by atoms with Gasteiger partial charge >= 0.3 is 11.8 Å². The standard InChI is InChI=1S/C10H9N5O2S/c16-8(9(17)14-10-15-13-6-18-10)12-5-7-1-3-11-4-2-7/h1-4,6H,5H2,(H,12,16)(H,14,15,17). The zero-order valence-corrected chi connectivity index (χ0v) is 9.98. The lowest BCUT2D eigenvalue weighted by Gasteiger charge is -2.04. The van der Waals surface area contributed by atoms with E-state index in [1.807, 2.05) is 0 Å². The van der Waals surface area contributed by atoms with Crippen molar-refractivity contribution in [3.63, 3.8) is 0 Å². The van der Waals surface area contributed by atoms with Crippen molar-refractivity contribution >= 4 is 28.3 Å². The summed E-state index contributed by atoms with van der Waals surface area (Å²) in [7, 11) is 0. The van der Waals surface area contributed by atoms with Crippen LogP contribution >= 0.6 is 11.3 Å². The molecule has 0 saturated carbocycles. The number of nitrogens with one attached hydrogen (secondary N) is 2. The van der Waals surface area contributed by atoms with Crippen molar-refractivity contribution in [2.45, 2.75) is 6.54 Å². The molecule has 2 N–H and O–H groups in total. The van der Waals surface area contributed by atoms with Gasteiger partial charge in [0, 0.05) is 18.9 Å². The number of anilines is 1. The Morgan fingerprint density at radius 1 is 1.22 bits per heavy atom. The number of nitrogens with zero attached hydrogens (tertiary/aromatic N) is 3. The third-order valence-electron chi connectivity index (χ3n) is 1.99. The second-order valence-corrected chi connectivity index (χ2v) is 4.07. The monoisotopic (exact) mass is 263 g/mol. The van der Waals surface area contributed by atoms with E-state index in [0.29, 0.717) is 5.13 Å². The minimum atomic E-state index is -0.763. The normalized spacial score (nSPS) is 9.78. The molecule has 0 radical (unpaired) electrons. The molecule has 0 bridgehead atoms. The number of pyridine rings is 1. The van der Waals surface area contributed by atoms with Crippen LogP contribution in [0, 0.1) is 0 Å². The van der Waals surface area contributed by atoms with Crippen molar-refractivity contribution < 1.29 is 9.59 Å². The molecule has 0 saturated heterocycles. The predicted molar refractivity (Wildman–Crippen MR) is 64.6 cm³/mol. The largest absolute Gasteiger partial charge is 0.344 e. The lowest BCUT2D eigenvalue weighted by atomic mass is 10.3. The van der Waals surface area contributed by atoms with E-state index in [-0.39, 0.29) is 6.54 Å². The second kappa shape index (κ2) is 5.82. The molecule has 7 nitrogen and oxygen atoms in total. The van der Waals surface area contributed by atoms with Gasteiger partial charge in [-0.2, -0.15) is 0 Å². The summed E-state index contributed by atoms with van der Waals surface area (Å²) < 4.78 is 0. The van der Waals surface area contributed by atoms with E-state index < -0.39 is 11.8 Å². The first-order chi connectivity index (χ1) is 8.75. The molecule has 92 valence electrons. The maximum Gasteiger partial charge on any atom is 0.315 e. The Bertz CT molecular complexity index is 528. The molecule has 2 heterocycles. The summed E-state index contributed by atoms with van der Waals surface area (Å²) in [5.41, 5.74) is 2.33. The number of carbonyl (C=O) groups excluding carboxylic acids is 2. The molecule has 18 heavy (non-hydrogen) atoms. The number of hydrogen-bond donors (Lipinski definition) is 2. The average molecular weight is 263 g/mol. The Hall–Kier alpha value is -2.35. The summed E-state index contributed by atoms with van der Waals surface area (Å²) in [5.74, 6) is -1.48. The molecule has 8 heteroatoms. The van der Waals surface area contributed by atoms with E-state index in [1.54, 1.807) is 24.5 Å². The summed E-state index contributed by atoms with van der Waals surface area (Å²) in [6.45, 7) is 0.269. The van der Waals surface area contributed by atoms with E-state index in [4.69, 9.17) is 0 Å². The fraction of sp³-hybridized carbons (Fsp3) is 0.100. The number of hydrogen-bond acceptors (Lipinski definition) is 6. The Morgan fingerprint density at radius 2 is 2.00 bits per heavy atom. The van der Waals surface area contributed by atoms with Gasteiger partial charge in [-0.1, -0.05) is 11.3 Å². The molecule has 2 aromatic rings. The molecule has 0 spiro atoms. The highest BCUT2D eigenvalue weighted by Gasteiger charge is 2.14. The molecule has 2 aromatic heterocycles. The molecule has 0 aliphatic carbocycles. The Morgan fingerprint density at radius 3 is 2.67 bits per heavy atom. The van der Waals surface area contributed by atoms with E-state index >= 15 is 0 Å². The fourth-order valence-electron chi connectivity index (χ4n) is 1.14. The van der Waals surface area contributed by atoms with Gasteiger partial charge in [-0.3, -0.25) is 19.9 Å². The van der Waals surface area contributed by atoms with Crippen molar-refractivity contribution in [2.24, 2.45) is 0 Å². The first-order valence-corrected chi connectivity index (χ1v) is 5.88. The van der Waals surface area contributed by atoms with Crippen LogP contribution in [-0.4, -0.2) is 27.0 Å². The summed E-state index contributed by atoms with van der Waals surface area (Å²) in [4.78, 5) is 26.7. The minimum absolute atomic E-state index is 0.269. The fourth-order valence-corrected chi connectivity index (χ4v) is 1.58. The summed E-state index contributed by atoms with van der Waals surface area (Å²) in [6.07, 6.45) is 3.23. The lowest BCUT2D eigenvalue weighted by molar-refractivity contribution is -0.136. The van der Waals surface area contributed by atoms with Crippen LogP contribution in [0.5, 0.6) is 0 Å². The Balaban J connectivity index is 1.83. The van der Waals surface area contributed by atoms with Gasteiger partial charge in [0.15, 0.2) is 0 Å². The minimum Gasteiger partial charge on any atom is -0.344 e. The van der Waals surface area contributed by atoms with Gasteiger partial charge in [0.25, 0.3) is 0 Å². The Kier molecular flexibility index (Phi) is 3.92. The van der Waals surface area contributed by atoms with Gasteiger partial charge in [-0.15, -0.1) is 10.2 Å². The van der Waals surface area contributed by atoms with Gasteiger partial charge in [-0.25, -0.2) is 0 Å². The number of rotatable bonds is 3. The molecule has 2 amide bonds. The quantitative estimate of drug-likeness (QED) is 0.770. The van der Waals surface area contributed by atoms with Crippen molar-refractivity contribution in [1.82, 2.24) is 20.5 Å². The zero-order chi connectivity index (χ0) is 12.8. The molecule has 0 unspecified atom stereocenters. The third-order valence-corrected chi connectivity index (χ3v) is 2.60. The highest BCUT2D eigenvalue weighted by atomic mass is 32.1. The zero-order valence-electron chi connectivity index (χ0n) is 9.16. The van der Waals surface area contributed by atoms with Crippen LogP contribution in [0.25, 0.3) is 0 Å². The highest BCUT2D eigenvalue weighted by Crippen LogP contribution is 2.07. The Labute approximate surface area is 106 Å². The summed E-state index contributed by atoms with van der Waals surface area (Å²) in [5, 5.41) is 12.3. The average Bonchev–Trinajstić information content (AvgIpc) is 2.90. The van der Waals surface area contributed by atoms with Crippen LogP contribution < -0.4 is 10.6 Å². The second-order valence-electron chi connectivity index (χ2n) is 3.24. The smallest absolute Gasteiger partial charge is 0.315 e. The van der Waals surface area contributed by atoms with E-state index in [1.165, 1.54) is 5.51 Å². The molecular weight excluding hydrogens is 254 g/mol. The van der Waals surface area contributed by atoms with Gasteiger partial charge < -0.3 is 5.32 Å². The van der Waals surface area contributed by atoms with E-state index in [2.05, 4.69) is 25.8 Å². The topological polar surface area (TPSA) is 96.9 Å². The number of amides is 2. The van der Waals surface area contributed by atoms with Crippen LogP contribution in [0.1, 0.15) is 5.56 Å². The van der Waals surface area contributed by atoms with Crippen molar-refractivity contribution in [3.05, 3.63) is 35.6 Å². The van der Waals surface area contributed by atoms with Gasteiger partial charge in [-0.05, 0) is 17.7 Å². The molecule has 0 aliphatic heterocycles. The van der Waals surface area contributed by atoms with Gasteiger partial charge in [0.1, 0.15) is 5.51 Å². The molecule has 2 rings (SSSR count). The number of aromatic nitrogens is 3. The first-order valence-electron chi connectivity index (χ1n) is 5.00. The van der Waals surface area contributed by atoms with E-state index in [9.17, 15) is 9.59 Å².